The standard InChI is InChI=1S/C15H13N3O5S/c1-23-14(20)8-24-15-11(7-16)10(6-13(19)17-15)9-4-2-3-5-12(9)18(21)22/h2-5,10H,6,8H2,1H3,(H,17,19)/t10-/m0/s1. The Morgan fingerprint density at radius 2 is 2.25 bits per heavy atom. The maximum atomic E-state index is 12.0. The zero-order valence-electron chi connectivity index (χ0n) is 12.6. The van der Waals surface area contributed by atoms with Crippen molar-refractivity contribution in [2.75, 3.05) is 12.9 Å². The highest BCUT2D eigenvalue weighted by Gasteiger charge is 2.33. The zero-order valence-corrected chi connectivity index (χ0v) is 13.5. The molecule has 0 fully saturated rings. The third kappa shape index (κ3) is 3.72. The maximum absolute atomic E-state index is 12.0. The van der Waals surface area contributed by atoms with Gasteiger partial charge in [-0.05, 0) is 0 Å². The number of carbonyl (C=O) groups is 2. The summed E-state index contributed by atoms with van der Waals surface area (Å²) in [4.78, 5) is 33.9. The van der Waals surface area contributed by atoms with E-state index in [1.165, 1.54) is 25.3 Å². The summed E-state index contributed by atoms with van der Waals surface area (Å²) in [6, 6.07) is 8.00. The van der Waals surface area contributed by atoms with E-state index in [1.807, 2.05) is 6.07 Å². The molecular weight excluding hydrogens is 334 g/mol. The third-order valence-electron chi connectivity index (χ3n) is 3.43. The lowest BCUT2D eigenvalue weighted by atomic mass is 9.86. The fourth-order valence-electron chi connectivity index (χ4n) is 2.34. The van der Waals surface area contributed by atoms with Crippen LogP contribution in [0.25, 0.3) is 0 Å². The van der Waals surface area contributed by atoms with Gasteiger partial charge >= 0.3 is 5.97 Å². The minimum absolute atomic E-state index is 0.0734. The molecule has 0 unspecified atom stereocenters. The average Bonchev–Trinajstić information content (AvgIpc) is 2.58. The molecule has 0 aliphatic carbocycles. The van der Waals surface area contributed by atoms with Gasteiger partial charge in [-0.25, -0.2) is 0 Å². The van der Waals surface area contributed by atoms with Crippen LogP contribution in [0.5, 0.6) is 0 Å². The van der Waals surface area contributed by atoms with Crippen LogP contribution in [0.1, 0.15) is 17.9 Å². The number of esters is 1. The smallest absolute Gasteiger partial charge is 0.316 e. The van der Waals surface area contributed by atoms with E-state index in [0.29, 0.717) is 5.56 Å². The predicted octanol–water partition coefficient (Wildman–Crippen LogP) is 1.84. The molecule has 1 aliphatic rings. The second-order valence-corrected chi connectivity index (χ2v) is 5.83. The summed E-state index contributed by atoms with van der Waals surface area (Å²) in [5.74, 6) is -1.69. The van der Waals surface area contributed by atoms with Crippen LogP contribution in [0, 0.1) is 21.4 Å². The van der Waals surface area contributed by atoms with Gasteiger partial charge in [-0.3, -0.25) is 19.7 Å². The van der Waals surface area contributed by atoms with Gasteiger partial charge in [0.15, 0.2) is 0 Å². The average molecular weight is 347 g/mol. The molecule has 2 rings (SSSR count). The number of hydrogen-bond donors (Lipinski definition) is 1. The van der Waals surface area contributed by atoms with E-state index < -0.39 is 16.8 Å². The number of nitrogens with zero attached hydrogens (tertiary/aromatic N) is 2. The minimum atomic E-state index is -0.731. The molecule has 0 bridgehead atoms. The van der Waals surface area contributed by atoms with Gasteiger partial charge in [0.1, 0.15) is 0 Å². The number of hydrogen-bond acceptors (Lipinski definition) is 7. The Labute approximate surface area is 141 Å². The number of carbonyl (C=O) groups excluding carboxylic acids is 2. The molecule has 1 amide bonds. The molecule has 0 saturated heterocycles. The number of ether oxygens (including phenoxy) is 1. The maximum Gasteiger partial charge on any atom is 0.316 e. The van der Waals surface area contributed by atoms with Crippen LogP contribution >= 0.6 is 11.8 Å². The van der Waals surface area contributed by atoms with Gasteiger partial charge in [0.25, 0.3) is 5.69 Å². The minimum Gasteiger partial charge on any atom is -0.468 e. The van der Waals surface area contributed by atoms with Crippen LogP contribution in [0.3, 0.4) is 0 Å². The van der Waals surface area contributed by atoms with Crippen molar-refractivity contribution in [3.63, 3.8) is 0 Å². The molecule has 1 aromatic rings. The van der Waals surface area contributed by atoms with Gasteiger partial charge in [0, 0.05) is 24.0 Å². The molecule has 124 valence electrons. The molecule has 0 saturated carbocycles. The van der Waals surface area contributed by atoms with Crippen LogP contribution in [0.2, 0.25) is 0 Å². The second kappa shape index (κ2) is 7.61. The number of para-hydroxylation sites is 1. The number of rotatable bonds is 5. The van der Waals surface area contributed by atoms with Crippen LogP contribution in [0.4, 0.5) is 5.69 Å². The molecule has 0 radical (unpaired) electrons. The monoisotopic (exact) mass is 347 g/mol. The quantitative estimate of drug-likeness (QED) is 0.490. The number of nitriles is 1. The molecule has 1 aliphatic heterocycles. The lowest BCUT2D eigenvalue weighted by molar-refractivity contribution is -0.385. The Hall–Kier alpha value is -2.86. The second-order valence-electron chi connectivity index (χ2n) is 4.84. The van der Waals surface area contributed by atoms with E-state index in [4.69, 9.17) is 0 Å². The summed E-state index contributed by atoms with van der Waals surface area (Å²) in [5.41, 5.74) is 0.338. The van der Waals surface area contributed by atoms with E-state index in [0.717, 1.165) is 11.8 Å². The number of methoxy groups -OCH3 is 1. The Bertz CT molecular complexity index is 769. The van der Waals surface area contributed by atoms with Crippen molar-refractivity contribution in [3.05, 3.63) is 50.5 Å². The van der Waals surface area contributed by atoms with Crippen LogP contribution in [-0.4, -0.2) is 29.7 Å². The number of nitrogens with one attached hydrogen (secondary N) is 1. The Morgan fingerprint density at radius 1 is 1.54 bits per heavy atom. The summed E-state index contributed by atoms with van der Waals surface area (Å²) in [7, 11) is 1.23. The van der Waals surface area contributed by atoms with Crippen molar-refractivity contribution in [1.82, 2.24) is 5.32 Å². The topological polar surface area (TPSA) is 122 Å². The summed E-state index contributed by atoms with van der Waals surface area (Å²) in [6.45, 7) is 0. The van der Waals surface area contributed by atoms with Crippen molar-refractivity contribution in [1.29, 1.82) is 5.26 Å². The Morgan fingerprint density at radius 3 is 2.88 bits per heavy atom. The first-order valence-electron chi connectivity index (χ1n) is 6.85. The Kier molecular flexibility index (Phi) is 5.55. The first kappa shape index (κ1) is 17.5. The SMILES string of the molecule is COC(=O)CSC1=C(C#N)[C@H](c2ccccc2[N+](=O)[O-])CC(=O)N1. The van der Waals surface area contributed by atoms with Gasteiger partial charge in [-0.2, -0.15) is 5.26 Å². The van der Waals surface area contributed by atoms with Gasteiger partial charge in [-0.1, -0.05) is 30.0 Å². The normalized spacial score (nSPS) is 17.0. The summed E-state index contributed by atoms with van der Waals surface area (Å²) in [6.07, 6.45) is -0.0734. The molecule has 24 heavy (non-hydrogen) atoms. The molecule has 9 heteroatoms. The zero-order chi connectivity index (χ0) is 17.7. The highest BCUT2D eigenvalue weighted by molar-refractivity contribution is 8.03. The number of thioether (sulfide) groups is 1. The van der Waals surface area contributed by atoms with Crippen LogP contribution in [-0.2, 0) is 14.3 Å². The van der Waals surface area contributed by atoms with Crippen LogP contribution < -0.4 is 5.32 Å². The number of allylic oxidation sites excluding steroid dienone is 1. The first-order valence-corrected chi connectivity index (χ1v) is 7.83. The van der Waals surface area contributed by atoms with Crippen molar-refractivity contribution < 1.29 is 19.2 Å². The number of amides is 1. The van der Waals surface area contributed by atoms with Gasteiger partial charge in [0.2, 0.25) is 5.91 Å². The first-order chi connectivity index (χ1) is 11.5. The Balaban J connectivity index is 2.45. The summed E-state index contributed by atoms with van der Waals surface area (Å²) >= 11 is 0.960. The van der Waals surface area contributed by atoms with Gasteiger partial charge in [-0.15, -0.1) is 0 Å². The van der Waals surface area contributed by atoms with E-state index in [9.17, 15) is 25.0 Å². The van der Waals surface area contributed by atoms with Gasteiger partial charge in [0.05, 0.1) is 34.5 Å². The molecule has 1 N–H and O–H groups in total. The fourth-order valence-corrected chi connectivity index (χ4v) is 3.25. The molecule has 0 aromatic heterocycles. The van der Waals surface area contributed by atoms with E-state index in [-0.39, 0.29) is 34.4 Å². The van der Waals surface area contributed by atoms with E-state index in [2.05, 4.69) is 10.1 Å². The fraction of sp³-hybridized carbons (Fsp3) is 0.267. The molecule has 1 atom stereocenters. The highest BCUT2D eigenvalue weighted by atomic mass is 32.2. The lowest BCUT2D eigenvalue weighted by Gasteiger charge is -2.24. The number of nitro benzene ring substituents is 1. The van der Waals surface area contributed by atoms with Gasteiger partial charge < -0.3 is 10.1 Å². The van der Waals surface area contributed by atoms with Crippen molar-refractivity contribution in [3.8, 4) is 6.07 Å². The largest absolute Gasteiger partial charge is 0.468 e. The van der Waals surface area contributed by atoms with Crippen molar-refractivity contribution >= 4 is 29.3 Å². The van der Waals surface area contributed by atoms with Crippen molar-refractivity contribution in [2.24, 2.45) is 0 Å². The van der Waals surface area contributed by atoms with E-state index >= 15 is 0 Å². The van der Waals surface area contributed by atoms with Crippen LogP contribution in [0.15, 0.2) is 34.9 Å². The molecule has 0 spiro atoms. The molecule has 1 aromatic carbocycles. The summed E-state index contributed by atoms with van der Waals surface area (Å²) in [5, 5.41) is 23.5. The lowest BCUT2D eigenvalue weighted by Crippen LogP contribution is -2.31. The number of benzene rings is 1. The number of nitro groups is 1. The summed E-state index contributed by atoms with van der Waals surface area (Å²) < 4.78 is 4.53. The molecule has 8 nitrogen and oxygen atoms in total. The van der Waals surface area contributed by atoms with Crippen molar-refractivity contribution in [2.45, 2.75) is 12.3 Å². The molecule has 1 heterocycles. The predicted molar refractivity (Wildman–Crippen MR) is 85.7 cm³/mol. The molecular formula is C15H13N3O5S. The highest BCUT2D eigenvalue weighted by Crippen LogP contribution is 2.39. The third-order valence-corrected chi connectivity index (χ3v) is 4.42. The van der Waals surface area contributed by atoms with E-state index in [1.54, 1.807) is 6.07 Å².